The first kappa shape index (κ1) is 11.3. The van der Waals surface area contributed by atoms with Crippen molar-refractivity contribution in [2.75, 3.05) is 13.7 Å². The maximum atomic E-state index is 13.3. The molecule has 0 saturated heterocycles. The minimum Gasteiger partial charge on any atom is -0.504 e. The Balaban J connectivity index is 3.28. The molecule has 1 rings (SSSR count). The third kappa shape index (κ3) is 1.99. The van der Waals surface area contributed by atoms with Crippen molar-refractivity contribution in [1.82, 2.24) is 0 Å². The van der Waals surface area contributed by atoms with E-state index >= 15 is 0 Å². The third-order valence-electron chi connectivity index (χ3n) is 1.85. The van der Waals surface area contributed by atoms with Gasteiger partial charge in [0.25, 0.3) is 0 Å². The summed E-state index contributed by atoms with van der Waals surface area (Å²) >= 11 is 3.16. The molecule has 0 atom stereocenters. The van der Waals surface area contributed by atoms with Crippen LogP contribution in [0.2, 0.25) is 0 Å². The summed E-state index contributed by atoms with van der Waals surface area (Å²) in [6.45, 7) is 0.337. The number of halogens is 2. The van der Waals surface area contributed by atoms with Gasteiger partial charge in [0.15, 0.2) is 11.5 Å². The first-order valence-electron chi connectivity index (χ1n) is 4.05. The van der Waals surface area contributed by atoms with Gasteiger partial charge in [0.2, 0.25) is 0 Å². The van der Waals surface area contributed by atoms with E-state index < -0.39 is 5.82 Å². The number of methoxy groups -OCH3 is 1. The van der Waals surface area contributed by atoms with Gasteiger partial charge in [-0.1, -0.05) is 0 Å². The Morgan fingerprint density at radius 1 is 1.64 bits per heavy atom. The van der Waals surface area contributed by atoms with Crippen molar-refractivity contribution in [3.8, 4) is 11.5 Å². The first-order valence-corrected chi connectivity index (χ1v) is 4.85. The van der Waals surface area contributed by atoms with Crippen molar-refractivity contribution in [3.05, 3.63) is 21.9 Å². The summed E-state index contributed by atoms with van der Waals surface area (Å²) < 4.78 is 18.6. The van der Waals surface area contributed by atoms with Crippen LogP contribution in [0, 0.1) is 5.82 Å². The van der Waals surface area contributed by atoms with Gasteiger partial charge < -0.3 is 15.6 Å². The predicted octanol–water partition coefficient (Wildman–Crippen LogP) is 1.80. The molecule has 0 heterocycles. The molecule has 5 heteroatoms. The molecule has 0 bridgehead atoms. The summed E-state index contributed by atoms with van der Waals surface area (Å²) in [7, 11) is 1.41. The SMILES string of the molecule is COc1c(O)cc(F)c(CCN)c1Br. The van der Waals surface area contributed by atoms with Crippen molar-refractivity contribution in [2.24, 2.45) is 5.73 Å². The van der Waals surface area contributed by atoms with Gasteiger partial charge in [-0.3, -0.25) is 0 Å². The van der Waals surface area contributed by atoms with E-state index in [1.807, 2.05) is 0 Å². The Hall–Kier alpha value is -0.810. The molecule has 78 valence electrons. The monoisotopic (exact) mass is 263 g/mol. The van der Waals surface area contributed by atoms with Gasteiger partial charge in [0, 0.05) is 11.6 Å². The fourth-order valence-corrected chi connectivity index (χ4v) is 1.95. The number of rotatable bonds is 3. The van der Waals surface area contributed by atoms with Crippen molar-refractivity contribution in [1.29, 1.82) is 0 Å². The summed E-state index contributed by atoms with van der Waals surface area (Å²) in [6, 6.07) is 1.02. The Labute approximate surface area is 89.8 Å². The number of phenolic OH excluding ortho intramolecular Hbond substituents is 1. The van der Waals surface area contributed by atoms with Crippen LogP contribution in [0.3, 0.4) is 0 Å². The molecule has 1 aromatic rings. The number of hydrogen-bond acceptors (Lipinski definition) is 3. The maximum Gasteiger partial charge on any atom is 0.175 e. The molecule has 0 unspecified atom stereocenters. The molecule has 0 radical (unpaired) electrons. The van der Waals surface area contributed by atoms with Gasteiger partial charge in [-0.2, -0.15) is 0 Å². The van der Waals surface area contributed by atoms with Crippen LogP contribution in [0.15, 0.2) is 10.5 Å². The molecule has 3 nitrogen and oxygen atoms in total. The highest BCUT2D eigenvalue weighted by Crippen LogP contribution is 2.38. The van der Waals surface area contributed by atoms with Crippen molar-refractivity contribution in [2.45, 2.75) is 6.42 Å². The van der Waals surface area contributed by atoms with Crippen molar-refractivity contribution >= 4 is 15.9 Å². The molecule has 0 aliphatic heterocycles. The summed E-state index contributed by atoms with van der Waals surface area (Å²) in [4.78, 5) is 0. The number of nitrogens with two attached hydrogens (primary N) is 1. The van der Waals surface area contributed by atoms with Gasteiger partial charge in [-0.05, 0) is 28.9 Å². The lowest BCUT2D eigenvalue weighted by Crippen LogP contribution is -2.06. The van der Waals surface area contributed by atoms with E-state index in [0.29, 0.717) is 23.0 Å². The lowest BCUT2D eigenvalue weighted by Gasteiger charge is -2.11. The Morgan fingerprint density at radius 2 is 2.29 bits per heavy atom. The van der Waals surface area contributed by atoms with Gasteiger partial charge in [0.1, 0.15) is 5.82 Å². The van der Waals surface area contributed by atoms with Gasteiger partial charge in [0.05, 0.1) is 11.6 Å². The Bertz CT molecular complexity index is 344. The fraction of sp³-hybridized carbons (Fsp3) is 0.333. The van der Waals surface area contributed by atoms with E-state index in [2.05, 4.69) is 15.9 Å². The molecule has 0 amide bonds. The molecule has 0 aromatic heterocycles. The zero-order valence-electron chi connectivity index (χ0n) is 7.68. The summed E-state index contributed by atoms with van der Waals surface area (Å²) in [6.07, 6.45) is 0.392. The number of aromatic hydroxyl groups is 1. The van der Waals surface area contributed by atoms with E-state index in [-0.39, 0.29) is 11.5 Å². The molecule has 1 aromatic carbocycles. The van der Waals surface area contributed by atoms with Crippen molar-refractivity contribution in [3.63, 3.8) is 0 Å². The number of hydrogen-bond donors (Lipinski definition) is 2. The zero-order chi connectivity index (χ0) is 10.7. The molecule has 0 fully saturated rings. The van der Waals surface area contributed by atoms with Crippen LogP contribution < -0.4 is 10.5 Å². The molecule has 0 aliphatic rings. The van der Waals surface area contributed by atoms with Gasteiger partial charge in [-0.15, -0.1) is 0 Å². The highest BCUT2D eigenvalue weighted by Gasteiger charge is 2.15. The van der Waals surface area contributed by atoms with Gasteiger partial charge in [-0.25, -0.2) is 4.39 Å². The standard InChI is InChI=1S/C9H11BrFNO2/c1-14-9-7(13)4-6(11)5(2-3-12)8(9)10/h4,13H,2-3,12H2,1H3. The molecule has 14 heavy (non-hydrogen) atoms. The minimum atomic E-state index is -0.486. The Kier molecular flexibility index (Phi) is 3.71. The molecule has 0 spiro atoms. The molecular formula is C9H11BrFNO2. The second-order valence-electron chi connectivity index (χ2n) is 2.74. The first-order chi connectivity index (χ1) is 6.61. The third-order valence-corrected chi connectivity index (χ3v) is 2.69. The van der Waals surface area contributed by atoms with E-state index in [9.17, 15) is 9.50 Å². The smallest absolute Gasteiger partial charge is 0.175 e. The van der Waals surface area contributed by atoms with Gasteiger partial charge >= 0.3 is 0 Å². The number of benzene rings is 1. The quantitative estimate of drug-likeness (QED) is 0.875. The van der Waals surface area contributed by atoms with E-state index in [1.54, 1.807) is 0 Å². The fourth-order valence-electron chi connectivity index (χ4n) is 1.19. The zero-order valence-corrected chi connectivity index (χ0v) is 9.27. The molecule has 0 aliphatic carbocycles. The minimum absolute atomic E-state index is 0.224. The van der Waals surface area contributed by atoms with Crippen LogP contribution in [-0.2, 0) is 6.42 Å². The lowest BCUT2D eigenvalue weighted by atomic mass is 10.1. The lowest BCUT2D eigenvalue weighted by molar-refractivity contribution is 0.367. The van der Waals surface area contributed by atoms with Crippen LogP contribution in [-0.4, -0.2) is 18.8 Å². The second kappa shape index (κ2) is 4.61. The Morgan fingerprint density at radius 3 is 2.79 bits per heavy atom. The van der Waals surface area contributed by atoms with Crippen molar-refractivity contribution < 1.29 is 14.2 Å². The number of ether oxygens (including phenoxy) is 1. The second-order valence-corrected chi connectivity index (χ2v) is 3.53. The van der Waals surface area contributed by atoms with Crippen LogP contribution in [0.5, 0.6) is 11.5 Å². The normalized spacial score (nSPS) is 10.3. The van der Waals surface area contributed by atoms with Crippen LogP contribution in [0.1, 0.15) is 5.56 Å². The van der Waals surface area contributed by atoms with E-state index in [0.717, 1.165) is 6.07 Å². The highest BCUT2D eigenvalue weighted by atomic mass is 79.9. The topological polar surface area (TPSA) is 55.5 Å². The summed E-state index contributed by atoms with van der Waals surface area (Å²) in [5, 5.41) is 9.34. The van der Waals surface area contributed by atoms with Crippen LogP contribution in [0.4, 0.5) is 4.39 Å². The molecule has 3 N–H and O–H groups in total. The maximum absolute atomic E-state index is 13.3. The summed E-state index contributed by atoms with van der Waals surface area (Å²) in [5.41, 5.74) is 5.76. The molecular weight excluding hydrogens is 253 g/mol. The predicted molar refractivity (Wildman–Crippen MR) is 55.1 cm³/mol. The highest BCUT2D eigenvalue weighted by molar-refractivity contribution is 9.10. The summed E-state index contributed by atoms with van der Waals surface area (Å²) in [5.74, 6) is -0.479. The largest absolute Gasteiger partial charge is 0.504 e. The van der Waals surface area contributed by atoms with E-state index in [1.165, 1.54) is 7.11 Å². The average Bonchev–Trinajstić information content (AvgIpc) is 2.12. The van der Waals surface area contributed by atoms with Crippen LogP contribution >= 0.6 is 15.9 Å². The average molecular weight is 264 g/mol. The van der Waals surface area contributed by atoms with E-state index in [4.69, 9.17) is 10.5 Å². The number of phenols is 1. The molecule has 0 saturated carbocycles. The van der Waals surface area contributed by atoms with Crippen LogP contribution in [0.25, 0.3) is 0 Å².